The van der Waals surface area contributed by atoms with Gasteiger partial charge in [0.1, 0.15) is 11.5 Å². The third kappa shape index (κ3) is 2.65. The number of aryl methyl sites for hydroxylation is 1. The van der Waals surface area contributed by atoms with Crippen LogP contribution in [0.4, 0.5) is 5.95 Å². The Labute approximate surface area is 104 Å². The third-order valence-corrected chi connectivity index (χ3v) is 2.42. The number of nitrogens with zero attached hydrogens (tertiary/aromatic N) is 3. The van der Waals surface area contributed by atoms with Crippen molar-refractivity contribution in [1.82, 2.24) is 9.97 Å². The molecule has 6 heteroatoms. The maximum Gasteiger partial charge on any atom is 0.338 e. The van der Waals surface area contributed by atoms with E-state index in [0.29, 0.717) is 12.5 Å². The van der Waals surface area contributed by atoms with E-state index in [-0.39, 0.29) is 5.56 Å². The first kappa shape index (κ1) is 12.1. The van der Waals surface area contributed by atoms with E-state index in [9.17, 15) is 4.79 Å². The molecule has 18 heavy (non-hydrogen) atoms. The molecule has 6 nitrogen and oxygen atoms in total. The van der Waals surface area contributed by atoms with Crippen LogP contribution in [-0.4, -0.2) is 28.1 Å². The lowest BCUT2D eigenvalue weighted by atomic mass is 10.3. The molecule has 0 amide bonds. The molecule has 0 aromatic carbocycles. The summed E-state index contributed by atoms with van der Waals surface area (Å²) in [5.41, 5.74) is 0.0704. The van der Waals surface area contributed by atoms with Crippen molar-refractivity contribution in [3.05, 3.63) is 41.6 Å². The van der Waals surface area contributed by atoms with Crippen LogP contribution in [0.1, 0.15) is 21.9 Å². The first-order valence-corrected chi connectivity index (χ1v) is 5.38. The zero-order valence-corrected chi connectivity index (χ0v) is 10.1. The second-order valence-corrected chi connectivity index (χ2v) is 3.95. The fraction of sp³-hybridized carbons (Fsp3) is 0.250. The Balaban J connectivity index is 2.09. The minimum atomic E-state index is -1.04. The lowest BCUT2D eigenvalue weighted by Crippen LogP contribution is -2.19. The Morgan fingerprint density at radius 3 is 2.56 bits per heavy atom. The van der Waals surface area contributed by atoms with E-state index in [1.807, 2.05) is 26.1 Å². The van der Waals surface area contributed by atoms with Crippen LogP contribution in [0.3, 0.4) is 0 Å². The fourth-order valence-corrected chi connectivity index (χ4v) is 1.50. The molecule has 0 bridgehead atoms. The van der Waals surface area contributed by atoms with Gasteiger partial charge in [0, 0.05) is 19.4 Å². The number of aromatic carboxylic acids is 1. The van der Waals surface area contributed by atoms with Crippen LogP contribution in [0.25, 0.3) is 0 Å². The zero-order chi connectivity index (χ0) is 13.1. The smallest absolute Gasteiger partial charge is 0.338 e. The number of furan rings is 1. The third-order valence-electron chi connectivity index (χ3n) is 2.42. The molecular formula is C12H13N3O3. The molecule has 2 aromatic rings. The molecule has 0 unspecified atom stereocenters. The van der Waals surface area contributed by atoms with Gasteiger partial charge in [0.25, 0.3) is 0 Å². The molecule has 1 N–H and O–H groups in total. The summed E-state index contributed by atoms with van der Waals surface area (Å²) in [6, 6.07) is 3.77. The minimum Gasteiger partial charge on any atom is -0.478 e. The van der Waals surface area contributed by atoms with Crippen molar-refractivity contribution in [2.75, 3.05) is 11.9 Å². The van der Waals surface area contributed by atoms with Gasteiger partial charge in [-0.1, -0.05) is 0 Å². The molecule has 0 aliphatic heterocycles. The summed E-state index contributed by atoms with van der Waals surface area (Å²) in [6.45, 7) is 2.40. The summed E-state index contributed by atoms with van der Waals surface area (Å²) in [6.07, 6.45) is 2.57. The van der Waals surface area contributed by atoms with Gasteiger partial charge in [-0.15, -0.1) is 0 Å². The van der Waals surface area contributed by atoms with Crippen LogP contribution in [0.5, 0.6) is 0 Å². The minimum absolute atomic E-state index is 0.0704. The predicted molar refractivity (Wildman–Crippen MR) is 64.5 cm³/mol. The van der Waals surface area contributed by atoms with Crippen molar-refractivity contribution in [3.8, 4) is 0 Å². The highest BCUT2D eigenvalue weighted by Gasteiger charge is 2.09. The monoisotopic (exact) mass is 247 g/mol. The Kier molecular flexibility index (Phi) is 3.27. The van der Waals surface area contributed by atoms with Crippen LogP contribution >= 0.6 is 0 Å². The number of rotatable bonds is 4. The normalized spacial score (nSPS) is 10.3. The highest BCUT2D eigenvalue weighted by molar-refractivity contribution is 5.86. The number of carboxylic acids is 1. The fourth-order valence-electron chi connectivity index (χ4n) is 1.50. The molecule has 0 fully saturated rings. The number of carboxylic acid groups (broad SMARTS) is 1. The number of hydrogen-bond donors (Lipinski definition) is 1. The number of aromatic nitrogens is 2. The molecule has 0 aliphatic rings. The molecular weight excluding hydrogens is 234 g/mol. The van der Waals surface area contributed by atoms with Crippen molar-refractivity contribution in [2.24, 2.45) is 0 Å². The van der Waals surface area contributed by atoms with E-state index < -0.39 is 5.97 Å². The van der Waals surface area contributed by atoms with E-state index in [0.717, 1.165) is 11.5 Å². The topological polar surface area (TPSA) is 79.5 Å². The summed E-state index contributed by atoms with van der Waals surface area (Å²) in [7, 11) is 1.81. The predicted octanol–water partition coefficient (Wildman–Crippen LogP) is 1.71. The van der Waals surface area contributed by atoms with Gasteiger partial charge in [-0.2, -0.15) is 0 Å². The average Bonchev–Trinajstić information content (AvgIpc) is 2.75. The van der Waals surface area contributed by atoms with Crippen LogP contribution in [-0.2, 0) is 6.54 Å². The van der Waals surface area contributed by atoms with Crippen molar-refractivity contribution in [3.63, 3.8) is 0 Å². The Bertz CT molecular complexity index is 548. The number of anilines is 1. The summed E-state index contributed by atoms with van der Waals surface area (Å²) >= 11 is 0. The Morgan fingerprint density at radius 1 is 1.39 bits per heavy atom. The maximum absolute atomic E-state index is 10.7. The molecule has 0 saturated heterocycles. The zero-order valence-electron chi connectivity index (χ0n) is 10.1. The van der Waals surface area contributed by atoms with Gasteiger partial charge in [-0.05, 0) is 19.1 Å². The van der Waals surface area contributed by atoms with Crippen LogP contribution in [0.2, 0.25) is 0 Å². The SMILES string of the molecule is Cc1ccc(CN(C)c2ncc(C(=O)O)cn2)o1. The summed E-state index contributed by atoms with van der Waals surface area (Å²) in [5.74, 6) is 1.07. The van der Waals surface area contributed by atoms with Crippen molar-refractivity contribution in [1.29, 1.82) is 0 Å². The molecule has 2 heterocycles. The molecule has 0 spiro atoms. The number of hydrogen-bond acceptors (Lipinski definition) is 5. The van der Waals surface area contributed by atoms with E-state index in [2.05, 4.69) is 9.97 Å². The highest BCUT2D eigenvalue weighted by Crippen LogP contribution is 2.12. The van der Waals surface area contributed by atoms with Gasteiger partial charge in [-0.25, -0.2) is 14.8 Å². The molecule has 0 saturated carbocycles. The summed E-state index contributed by atoms with van der Waals surface area (Å²) in [4.78, 5) is 20.4. The maximum atomic E-state index is 10.7. The molecule has 94 valence electrons. The molecule has 2 rings (SSSR count). The van der Waals surface area contributed by atoms with E-state index in [4.69, 9.17) is 9.52 Å². The second-order valence-electron chi connectivity index (χ2n) is 3.95. The first-order valence-electron chi connectivity index (χ1n) is 5.38. The van der Waals surface area contributed by atoms with E-state index >= 15 is 0 Å². The molecule has 0 radical (unpaired) electrons. The lowest BCUT2D eigenvalue weighted by Gasteiger charge is -2.14. The summed E-state index contributed by atoms with van der Waals surface area (Å²) < 4.78 is 5.45. The lowest BCUT2D eigenvalue weighted by molar-refractivity contribution is 0.0696. The van der Waals surface area contributed by atoms with Gasteiger partial charge in [0.05, 0.1) is 12.1 Å². The van der Waals surface area contributed by atoms with Crippen molar-refractivity contribution >= 4 is 11.9 Å². The highest BCUT2D eigenvalue weighted by atomic mass is 16.4. The van der Waals surface area contributed by atoms with Crippen molar-refractivity contribution < 1.29 is 14.3 Å². The van der Waals surface area contributed by atoms with Crippen LogP contribution in [0.15, 0.2) is 28.9 Å². The quantitative estimate of drug-likeness (QED) is 0.886. The van der Waals surface area contributed by atoms with Crippen LogP contribution < -0.4 is 4.90 Å². The average molecular weight is 247 g/mol. The molecule has 0 atom stereocenters. The largest absolute Gasteiger partial charge is 0.478 e. The van der Waals surface area contributed by atoms with Crippen molar-refractivity contribution in [2.45, 2.75) is 13.5 Å². The van der Waals surface area contributed by atoms with Gasteiger partial charge >= 0.3 is 5.97 Å². The Morgan fingerprint density at radius 2 is 2.06 bits per heavy atom. The van der Waals surface area contributed by atoms with E-state index in [1.54, 1.807) is 4.90 Å². The van der Waals surface area contributed by atoms with Gasteiger partial charge < -0.3 is 14.4 Å². The molecule has 0 aliphatic carbocycles. The van der Waals surface area contributed by atoms with Gasteiger partial charge in [0.15, 0.2) is 0 Å². The Hall–Kier alpha value is -2.37. The first-order chi connectivity index (χ1) is 8.56. The van der Waals surface area contributed by atoms with E-state index in [1.165, 1.54) is 12.4 Å². The van der Waals surface area contributed by atoms with Crippen LogP contribution in [0, 0.1) is 6.92 Å². The standard InChI is InChI=1S/C12H13N3O3/c1-8-3-4-10(18-8)7-15(2)12-13-5-9(6-14-12)11(16)17/h3-6H,7H2,1-2H3,(H,16,17). The molecule has 2 aromatic heterocycles. The number of carbonyl (C=O) groups is 1. The van der Waals surface area contributed by atoms with Gasteiger partial charge in [0.2, 0.25) is 5.95 Å². The second kappa shape index (κ2) is 4.87. The summed E-state index contributed by atoms with van der Waals surface area (Å²) in [5, 5.41) is 8.74. The van der Waals surface area contributed by atoms with Gasteiger partial charge in [-0.3, -0.25) is 0 Å².